The predicted octanol–water partition coefficient (Wildman–Crippen LogP) is 2.41. The molecule has 7 nitrogen and oxygen atoms in total. The molecule has 0 radical (unpaired) electrons. The molecular formula is C23H20F4N2O5. The zero-order valence-corrected chi connectivity index (χ0v) is 17.7. The topological polar surface area (TPSA) is 96.9 Å². The molecule has 3 fully saturated rings. The van der Waals surface area contributed by atoms with E-state index < -0.39 is 58.4 Å². The standard InChI is InChI=1S/C23H20F4N2O5/c24-13-2-1-11(3-14(13)25)33-7-20(31)28-22-8-23(9-22,10-22)29-21(32)19-6-17(30)12-4-15(26)16(27)5-18(12)34-19/h1-5,17,19,30H,6-10H2,(H,28,31)(H,29,32)/t17-,19-,22?,23?/m0/s1. The van der Waals surface area contributed by atoms with Gasteiger partial charge in [-0.15, -0.1) is 0 Å². The Hall–Kier alpha value is -3.34. The van der Waals surface area contributed by atoms with E-state index in [1.807, 2.05) is 0 Å². The Balaban J connectivity index is 1.11. The molecule has 3 aliphatic carbocycles. The lowest BCUT2D eigenvalue weighted by Crippen LogP contribution is -2.84. The predicted molar refractivity (Wildman–Crippen MR) is 108 cm³/mol. The molecule has 2 amide bonds. The second-order valence-corrected chi connectivity index (χ2v) is 9.16. The number of carbonyl (C=O) groups is 2. The molecule has 180 valence electrons. The summed E-state index contributed by atoms with van der Waals surface area (Å²) in [6.45, 7) is -0.378. The van der Waals surface area contributed by atoms with Crippen LogP contribution in [-0.4, -0.2) is 40.7 Å². The molecule has 3 saturated carbocycles. The van der Waals surface area contributed by atoms with Gasteiger partial charge in [0.25, 0.3) is 11.8 Å². The van der Waals surface area contributed by atoms with Crippen LogP contribution in [0, 0.1) is 23.3 Å². The average molecular weight is 480 g/mol. The summed E-state index contributed by atoms with van der Waals surface area (Å²) in [5, 5.41) is 15.9. The third-order valence-electron chi connectivity index (χ3n) is 6.49. The molecule has 0 spiro atoms. The number of rotatable bonds is 6. The van der Waals surface area contributed by atoms with Crippen LogP contribution in [0.15, 0.2) is 30.3 Å². The van der Waals surface area contributed by atoms with E-state index >= 15 is 0 Å². The molecule has 0 saturated heterocycles. The summed E-state index contributed by atoms with van der Waals surface area (Å²) < 4.78 is 63.8. The third-order valence-corrected chi connectivity index (χ3v) is 6.49. The molecule has 2 atom stereocenters. The summed E-state index contributed by atoms with van der Waals surface area (Å²) in [5.74, 6) is -5.33. The molecule has 2 bridgehead atoms. The van der Waals surface area contributed by atoms with E-state index in [-0.39, 0.29) is 30.1 Å². The fourth-order valence-corrected chi connectivity index (χ4v) is 5.04. The van der Waals surface area contributed by atoms with Gasteiger partial charge in [-0.3, -0.25) is 9.59 Å². The molecule has 2 aromatic rings. The maximum Gasteiger partial charge on any atom is 0.261 e. The van der Waals surface area contributed by atoms with Gasteiger partial charge in [0.2, 0.25) is 0 Å². The highest BCUT2D eigenvalue weighted by atomic mass is 19.2. The van der Waals surface area contributed by atoms with E-state index in [9.17, 15) is 32.3 Å². The van der Waals surface area contributed by atoms with Gasteiger partial charge in [0, 0.05) is 35.2 Å². The van der Waals surface area contributed by atoms with E-state index in [2.05, 4.69) is 10.6 Å². The number of hydrogen-bond donors (Lipinski definition) is 3. The summed E-state index contributed by atoms with van der Waals surface area (Å²) >= 11 is 0. The number of nitrogens with one attached hydrogen (secondary N) is 2. The van der Waals surface area contributed by atoms with Gasteiger partial charge in [-0.25, -0.2) is 17.6 Å². The van der Waals surface area contributed by atoms with Crippen LogP contribution in [0.5, 0.6) is 11.5 Å². The highest BCUT2D eigenvalue weighted by Crippen LogP contribution is 2.60. The van der Waals surface area contributed by atoms with Crippen LogP contribution in [0.3, 0.4) is 0 Å². The Morgan fingerprint density at radius 2 is 1.62 bits per heavy atom. The van der Waals surface area contributed by atoms with E-state index in [0.717, 1.165) is 24.3 Å². The average Bonchev–Trinajstić information content (AvgIpc) is 2.73. The van der Waals surface area contributed by atoms with E-state index in [1.54, 1.807) is 0 Å². The Morgan fingerprint density at radius 3 is 2.32 bits per heavy atom. The summed E-state index contributed by atoms with van der Waals surface area (Å²) in [6.07, 6.45) is -0.917. The van der Waals surface area contributed by atoms with Crippen LogP contribution in [-0.2, 0) is 9.59 Å². The highest BCUT2D eigenvalue weighted by Gasteiger charge is 2.69. The number of aliphatic hydroxyl groups excluding tert-OH is 1. The van der Waals surface area contributed by atoms with Crippen LogP contribution >= 0.6 is 0 Å². The highest BCUT2D eigenvalue weighted by molar-refractivity contribution is 5.84. The fourth-order valence-electron chi connectivity index (χ4n) is 5.04. The number of carbonyl (C=O) groups excluding carboxylic acids is 2. The van der Waals surface area contributed by atoms with Crippen molar-refractivity contribution in [2.75, 3.05) is 6.61 Å². The molecule has 1 aliphatic heterocycles. The monoisotopic (exact) mass is 480 g/mol. The van der Waals surface area contributed by atoms with Crippen molar-refractivity contribution in [1.29, 1.82) is 0 Å². The van der Waals surface area contributed by atoms with E-state index in [1.165, 1.54) is 6.07 Å². The summed E-state index contributed by atoms with van der Waals surface area (Å²) in [6, 6.07) is 4.62. The van der Waals surface area contributed by atoms with Crippen LogP contribution < -0.4 is 20.1 Å². The Morgan fingerprint density at radius 1 is 0.971 bits per heavy atom. The smallest absolute Gasteiger partial charge is 0.261 e. The molecule has 0 aromatic heterocycles. The maximum absolute atomic E-state index is 13.5. The van der Waals surface area contributed by atoms with Crippen molar-refractivity contribution < 1.29 is 41.7 Å². The van der Waals surface area contributed by atoms with Gasteiger partial charge < -0.3 is 25.2 Å². The summed E-state index contributed by atoms with van der Waals surface area (Å²) in [7, 11) is 0. The van der Waals surface area contributed by atoms with E-state index in [4.69, 9.17) is 9.47 Å². The molecule has 11 heteroatoms. The maximum atomic E-state index is 13.5. The number of fused-ring (bicyclic) bond motifs is 1. The second-order valence-electron chi connectivity index (χ2n) is 9.16. The molecule has 34 heavy (non-hydrogen) atoms. The van der Waals surface area contributed by atoms with Gasteiger partial charge >= 0.3 is 0 Å². The molecule has 3 N–H and O–H groups in total. The van der Waals surface area contributed by atoms with Gasteiger partial charge in [-0.05, 0) is 37.5 Å². The van der Waals surface area contributed by atoms with Crippen LogP contribution in [0.2, 0.25) is 0 Å². The Bertz CT molecular complexity index is 1170. The lowest BCUT2D eigenvalue weighted by atomic mass is 9.44. The van der Waals surface area contributed by atoms with Gasteiger partial charge in [0.1, 0.15) is 11.5 Å². The quantitative estimate of drug-likeness (QED) is 0.552. The number of aliphatic hydroxyl groups is 1. The van der Waals surface area contributed by atoms with Crippen LogP contribution in [0.4, 0.5) is 17.6 Å². The number of ether oxygens (including phenoxy) is 2. The van der Waals surface area contributed by atoms with Crippen LogP contribution in [0.1, 0.15) is 37.4 Å². The van der Waals surface area contributed by atoms with Crippen molar-refractivity contribution in [2.45, 2.75) is 49.0 Å². The molecule has 1 heterocycles. The lowest BCUT2D eigenvalue weighted by Gasteiger charge is -2.70. The minimum atomic E-state index is -1.18. The molecular weight excluding hydrogens is 460 g/mol. The molecule has 2 aromatic carbocycles. The largest absolute Gasteiger partial charge is 0.484 e. The first kappa shape index (κ1) is 22.5. The number of hydrogen-bond acceptors (Lipinski definition) is 5. The molecule has 6 rings (SSSR count). The van der Waals surface area contributed by atoms with E-state index in [0.29, 0.717) is 19.3 Å². The number of amides is 2. The van der Waals surface area contributed by atoms with Crippen molar-refractivity contribution in [3.8, 4) is 11.5 Å². The first-order chi connectivity index (χ1) is 16.1. The first-order valence-electron chi connectivity index (χ1n) is 10.6. The number of benzene rings is 2. The normalized spacial score (nSPS) is 28.5. The minimum Gasteiger partial charge on any atom is -0.484 e. The van der Waals surface area contributed by atoms with Crippen molar-refractivity contribution >= 4 is 11.8 Å². The van der Waals surface area contributed by atoms with Crippen molar-refractivity contribution in [3.05, 3.63) is 59.2 Å². The SMILES string of the molecule is O=C(COc1ccc(F)c(F)c1)NC12CC(NC(=O)[C@@H]3C[C@H](O)c4cc(F)c(F)cc4O3)(C1)C2. The van der Waals surface area contributed by atoms with Crippen LogP contribution in [0.25, 0.3) is 0 Å². The van der Waals surface area contributed by atoms with Gasteiger partial charge in [-0.2, -0.15) is 0 Å². The minimum absolute atomic E-state index is 0.0224. The number of halogens is 4. The lowest BCUT2D eigenvalue weighted by molar-refractivity contribution is -0.155. The van der Waals surface area contributed by atoms with Gasteiger partial charge in [0.05, 0.1) is 6.10 Å². The van der Waals surface area contributed by atoms with Gasteiger partial charge in [-0.1, -0.05) is 0 Å². The van der Waals surface area contributed by atoms with Crippen molar-refractivity contribution in [1.82, 2.24) is 10.6 Å². The first-order valence-corrected chi connectivity index (χ1v) is 10.6. The Kier molecular flexibility index (Phi) is 5.19. The van der Waals surface area contributed by atoms with Gasteiger partial charge in [0.15, 0.2) is 36.0 Å². The fraction of sp³-hybridized carbons (Fsp3) is 0.391. The zero-order chi connectivity index (χ0) is 24.3. The second kappa shape index (κ2) is 7.86. The summed E-state index contributed by atoms with van der Waals surface area (Å²) in [5.41, 5.74) is -0.920. The molecule has 0 unspecified atom stereocenters. The Labute approximate surface area is 191 Å². The van der Waals surface area contributed by atoms with Crippen molar-refractivity contribution in [3.63, 3.8) is 0 Å². The molecule has 4 aliphatic rings. The summed E-state index contributed by atoms with van der Waals surface area (Å²) in [4.78, 5) is 24.9. The zero-order valence-electron chi connectivity index (χ0n) is 17.7. The van der Waals surface area contributed by atoms with Crippen molar-refractivity contribution in [2.24, 2.45) is 0 Å². The third kappa shape index (κ3) is 3.93.